The Hall–Kier alpha value is -4.99. The van der Waals surface area contributed by atoms with Gasteiger partial charge in [-0.25, -0.2) is 9.78 Å². The highest BCUT2D eigenvalue weighted by Gasteiger charge is 2.35. The van der Waals surface area contributed by atoms with Gasteiger partial charge in [-0.1, -0.05) is 66.4 Å². The van der Waals surface area contributed by atoms with Crippen LogP contribution in [0.5, 0.6) is 0 Å². The molecule has 57 heavy (non-hydrogen) atoms. The van der Waals surface area contributed by atoms with E-state index in [9.17, 15) is 24.0 Å². The van der Waals surface area contributed by atoms with Crippen molar-refractivity contribution in [2.75, 3.05) is 52.6 Å². The molecule has 1 aliphatic heterocycles. The fraction of sp³-hybridized carbons (Fsp3) is 0.476. The van der Waals surface area contributed by atoms with Crippen molar-refractivity contribution in [1.82, 2.24) is 30.4 Å². The van der Waals surface area contributed by atoms with Crippen LogP contribution in [0.4, 0.5) is 4.79 Å². The topological polar surface area (TPSA) is 170 Å². The molecular formula is C42H54N6O8S. The fourth-order valence-corrected chi connectivity index (χ4v) is 7.73. The molecule has 3 aromatic carbocycles. The summed E-state index contributed by atoms with van der Waals surface area (Å²) < 4.78 is 17.7. The van der Waals surface area contributed by atoms with Crippen LogP contribution in [0.25, 0.3) is 21.7 Å². The zero-order valence-corrected chi connectivity index (χ0v) is 34.0. The van der Waals surface area contributed by atoms with Crippen molar-refractivity contribution in [1.29, 1.82) is 0 Å². The van der Waals surface area contributed by atoms with E-state index in [0.29, 0.717) is 62.1 Å². The SMILES string of the molecule is CCn1c(SC(C(=O)N2CCC[C@@H]2CNC(=O)CCC(=O)NCCOCCOCCNC(=O)OC(C)(C)C)c2ccccc2)nc2cc3ccccc3cc2c1=O. The summed E-state index contributed by atoms with van der Waals surface area (Å²) in [6, 6.07) is 20.9. The minimum atomic E-state index is -0.668. The summed E-state index contributed by atoms with van der Waals surface area (Å²) in [6.45, 7) is 10.4. The van der Waals surface area contributed by atoms with Gasteiger partial charge in [0.2, 0.25) is 17.7 Å². The fourth-order valence-electron chi connectivity index (χ4n) is 6.50. The molecule has 4 aromatic rings. The van der Waals surface area contributed by atoms with Crippen LogP contribution in [0.15, 0.2) is 76.7 Å². The molecule has 1 fully saturated rings. The third kappa shape index (κ3) is 12.8. The number of carbonyl (C=O) groups excluding carboxylic acids is 4. The second-order valence-corrected chi connectivity index (χ2v) is 15.8. The highest BCUT2D eigenvalue weighted by molar-refractivity contribution is 8.00. The normalized spacial score (nSPS) is 14.7. The minimum absolute atomic E-state index is 0.0124. The molecule has 306 valence electrons. The first kappa shape index (κ1) is 43.1. The largest absolute Gasteiger partial charge is 0.444 e. The summed E-state index contributed by atoms with van der Waals surface area (Å²) in [5, 5.41) is 10.6. The average Bonchev–Trinajstić information content (AvgIpc) is 3.67. The molecule has 1 aromatic heterocycles. The van der Waals surface area contributed by atoms with E-state index in [1.54, 1.807) is 25.3 Å². The maximum Gasteiger partial charge on any atom is 0.407 e. The van der Waals surface area contributed by atoms with E-state index in [1.807, 2.05) is 78.6 Å². The maximum absolute atomic E-state index is 14.4. The number of alkyl carbamates (subject to hydrolysis) is 1. The molecule has 1 unspecified atom stereocenters. The van der Waals surface area contributed by atoms with Gasteiger partial charge in [0.1, 0.15) is 10.9 Å². The molecule has 4 amide bonds. The number of likely N-dealkylation sites (tertiary alicyclic amines) is 1. The number of nitrogens with one attached hydrogen (secondary N) is 3. The van der Waals surface area contributed by atoms with Gasteiger partial charge < -0.3 is 35.1 Å². The van der Waals surface area contributed by atoms with Gasteiger partial charge in [0.25, 0.3) is 5.56 Å². The predicted octanol–water partition coefficient (Wildman–Crippen LogP) is 4.96. The minimum Gasteiger partial charge on any atom is -0.444 e. The van der Waals surface area contributed by atoms with Crippen molar-refractivity contribution >= 4 is 57.3 Å². The Morgan fingerprint density at radius 1 is 0.860 bits per heavy atom. The number of hydrogen-bond donors (Lipinski definition) is 3. The van der Waals surface area contributed by atoms with E-state index in [-0.39, 0.29) is 55.3 Å². The second kappa shape index (κ2) is 21.0. The lowest BCUT2D eigenvalue weighted by molar-refractivity contribution is -0.132. The Balaban J connectivity index is 1.07. The molecule has 3 N–H and O–H groups in total. The van der Waals surface area contributed by atoms with Crippen LogP contribution in [0.3, 0.4) is 0 Å². The first-order valence-electron chi connectivity index (χ1n) is 19.5. The number of fused-ring (bicyclic) bond motifs is 2. The van der Waals surface area contributed by atoms with E-state index in [4.69, 9.17) is 19.2 Å². The van der Waals surface area contributed by atoms with Crippen molar-refractivity contribution in [3.63, 3.8) is 0 Å². The Labute approximate surface area is 337 Å². The molecule has 0 bridgehead atoms. The molecule has 14 nitrogen and oxygen atoms in total. The maximum atomic E-state index is 14.4. The van der Waals surface area contributed by atoms with Crippen LogP contribution in [-0.4, -0.2) is 103 Å². The number of hydrogen-bond acceptors (Lipinski definition) is 10. The number of rotatable bonds is 19. The predicted molar refractivity (Wildman–Crippen MR) is 220 cm³/mol. The number of ether oxygens (including phenoxy) is 3. The molecule has 0 radical (unpaired) electrons. The summed E-state index contributed by atoms with van der Waals surface area (Å²) >= 11 is 1.27. The Bertz CT molecular complexity index is 2050. The highest BCUT2D eigenvalue weighted by atomic mass is 32.2. The molecule has 0 spiro atoms. The van der Waals surface area contributed by atoms with Gasteiger partial charge in [-0.2, -0.15) is 0 Å². The Morgan fingerprint density at radius 2 is 1.49 bits per heavy atom. The Morgan fingerprint density at radius 3 is 2.16 bits per heavy atom. The van der Waals surface area contributed by atoms with Crippen molar-refractivity contribution in [2.45, 2.75) is 82.0 Å². The van der Waals surface area contributed by atoms with Crippen LogP contribution < -0.4 is 21.5 Å². The van der Waals surface area contributed by atoms with Gasteiger partial charge in [0, 0.05) is 51.6 Å². The van der Waals surface area contributed by atoms with Gasteiger partial charge >= 0.3 is 6.09 Å². The molecule has 5 rings (SSSR count). The molecule has 1 saturated heterocycles. The average molecular weight is 803 g/mol. The highest BCUT2D eigenvalue weighted by Crippen LogP contribution is 2.38. The molecule has 15 heteroatoms. The van der Waals surface area contributed by atoms with E-state index in [0.717, 1.165) is 29.2 Å². The van der Waals surface area contributed by atoms with Crippen molar-refractivity contribution < 1.29 is 33.4 Å². The zero-order valence-electron chi connectivity index (χ0n) is 33.2. The summed E-state index contributed by atoms with van der Waals surface area (Å²) in [4.78, 5) is 71.7. The first-order chi connectivity index (χ1) is 27.4. The summed E-state index contributed by atoms with van der Waals surface area (Å²) in [5.41, 5.74) is 0.672. The summed E-state index contributed by atoms with van der Waals surface area (Å²) in [5.74, 6) is -0.644. The van der Waals surface area contributed by atoms with Crippen molar-refractivity contribution in [2.24, 2.45) is 0 Å². The van der Waals surface area contributed by atoms with Gasteiger partial charge in [-0.15, -0.1) is 0 Å². The summed E-state index contributed by atoms with van der Waals surface area (Å²) in [6.07, 6.45) is 1.06. The van der Waals surface area contributed by atoms with E-state index < -0.39 is 16.9 Å². The second-order valence-electron chi connectivity index (χ2n) is 14.7. The lowest BCUT2D eigenvalue weighted by Crippen LogP contribution is -2.44. The molecular weight excluding hydrogens is 749 g/mol. The van der Waals surface area contributed by atoms with Gasteiger partial charge in [0.05, 0.1) is 37.3 Å². The lowest BCUT2D eigenvalue weighted by Gasteiger charge is -2.29. The quantitative estimate of drug-likeness (QED) is 0.0510. The number of benzene rings is 3. The van der Waals surface area contributed by atoms with Gasteiger partial charge in [-0.05, 0) is 69.0 Å². The van der Waals surface area contributed by atoms with Gasteiger partial charge in [-0.3, -0.25) is 23.7 Å². The van der Waals surface area contributed by atoms with E-state index in [2.05, 4.69) is 16.0 Å². The zero-order chi connectivity index (χ0) is 40.8. The number of amides is 4. The first-order valence-corrected chi connectivity index (χ1v) is 20.4. The lowest BCUT2D eigenvalue weighted by atomic mass is 10.1. The van der Waals surface area contributed by atoms with Gasteiger partial charge in [0.15, 0.2) is 5.16 Å². The molecule has 2 atom stereocenters. The number of carbonyl (C=O) groups is 4. The van der Waals surface area contributed by atoms with E-state index in [1.165, 1.54) is 11.8 Å². The molecule has 0 saturated carbocycles. The van der Waals surface area contributed by atoms with Crippen LogP contribution in [0, 0.1) is 0 Å². The van der Waals surface area contributed by atoms with Crippen LogP contribution in [-0.2, 0) is 35.1 Å². The third-order valence-electron chi connectivity index (χ3n) is 9.28. The smallest absolute Gasteiger partial charge is 0.407 e. The van der Waals surface area contributed by atoms with Crippen LogP contribution in [0.2, 0.25) is 0 Å². The molecule has 0 aliphatic carbocycles. The van der Waals surface area contributed by atoms with E-state index >= 15 is 0 Å². The summed E-state index contributed by atoms with van der Waals surface area (Å²) in [7, 11) is 0. The number of nitrogens with zero attached hydrogens (tertiary/aromatic N) is 3. The van der Waals surface area contributed by atoms with Crippen molar-refractivity contribution in [3.05, 3.63) is 82.6 Å². The standard InChI is InChI=1S/C42H54N6O8S/c1-5-47-38(51)33-26-30-14-9-10-15-31(30)27-34(33)46-40(47)57-37(29-12-7-6-8-13-29)39(52)48-21-11-16-32(48)28-45-36(50)18-17-35(49)43-19-22-54-24-25-55-23-20-44-41(53)56-42(2,3)4/h6-10,12-15,26-27,32,37H,5,11,16-25,28H2,1-4H3,(H,43,49)(H,44,53)(H,45,50)/t32-,37?/m1/s1. The van der Waals surface area contributed by atoms with Crippen molar-refractivity contribution in [3.8, 4) is 0 Å². The monoisotopic (exact) mass is 802 g/mol. The third-order valence-corrected chi connectivity index (χ3v) is 10.5. The molecule has 2 heterocycles. The van der Waals surface area contributed by atoms with Crippen LogP contribution in [0.1, 0.15) is 64.2 Å². The number of thioether (sulfide) groups is 1. The Kier molecular flexibility index (Phi) is 15.9. The number of aromatic nitrogens is 2. The molecule has 1 aliphatic rings. The van der Waals surface area contributed by atoms with Crippen LogP contribution >= 0.6 is 11.8 Å².